The molecule has 1 N–H and O–H groups in total. The molecule has 0 aliphatic carbocycles. The van der Waals surface area contributed by atoms with Crippen LogP contribution in [0.25, 0.3) is 0 Å². The van der Waals surface area contributed by atoms with Crippen molar-refractivity contribution in [3.05, 3.63) is 23.3 Å². The Kier molecular flexibility index (Phi) is 3.26. The van der Waals surface area contributed by atoms with Crippen molar-refractivity contribution < 1.29 is 19.3 Å². The van der Waals surface area contributed by atoms with E-state index in [0.29, 0.717) is 5.75 Å². The molecule has 0 amide bonds. The minimum Gasteiger partial charge on any atom is -0.497 e. The number of aliphatic hydroxyl groups is 1. The minimum atomic E-state index is -0.560. The van der Waals surface area contributed by atoms with E-state index in [4.69, 9.17) is 14.2 Å². The molecule has 1 aliphatic heterocycles. The minimum absolute atomic E-state index is 0.0783. The van der Waals surface area contributed by atoms with E-state index < -0.39 is 6.10 Å². The molecular formula is C13H18O4. The van der Waals surface area contributed by atoms with Crippen molar-refractivity contribution in [1.82, 2.24) is 0 Å². The molecule has 0 unspecified atom stereocenters. The van der Waals surface area contributed by atoms with E-state index in [0.717, 1.165) is 16.9 Å². The summed E-state index contributed by atoms with van der Waals surface area (Å²) in [6.07, 6.45) is -0.954. The van der Waals surface area contributed by atoms with Gasteiger partial charge in [0.1, 0.15) is 17.6 Å². The van der Waals surface area contributed by atoms with Crippen LogP contribution in [0.5, 0.6) is 11.5 Å². The smallest absolute Gasteiger partial charge is 0.128 e. The van der Waals surface area contributed by atoms with E-state index in [1.807, 2.05) is 19.1 Å². The standard InChI is InChI=1S/C13H18O4/c1-7(14)13-10-5-9(15-3)6-11(16-4)12(10)8(2)17-13/h5-8,13-14H,1-4H3/t7-,8-,13-/m0/s1. The zero-order chi connectivity index (χ0) is 12.6. The third-order valence-corrected chi connectivity index (χ3v) is 3.11. The van der Waals surface area contributed by atoms with Crippen molar-refractivity contribution in [1.29, 1.82) is 0 Å². The molecule has 4 nitrogen and oxygen atoms in total. The summed E-state index contributed by atoms with van der Waals surface area (Å²) in [5.74, 6) is 1.46. The average molecular weight is 238 g/mol. The van der Waals surface area contributed by atoms with Gasteiger partial charge in [0.15, 0.2) is 0 Å². The molecule has 0 fully saturated rings. The Labute approximate surface area is 101 Å². The zero-order valence-corrected chi connectivity index (χ0v) is 10.6. The van der Waals surface area contributed by atoms with Gasteiger partial charge in [-0.1, -0.05) is 0 Å². The SMILES string of the molecule is COc1cc(OC)c2c(c1)[C@H]([C@H](C)O)O[C@H]2C. The highest BCUT2D eigenvalue weighted by Gasteiger charge is 2.35. The lowest BCUT2D eigenvalue weighted by Crippen LogP contribution is -2.13. The van der Waals surface area contributed by atoms with Gasteiger partial charge in [-0.2, -0.15) is 0 Å². The fraction of sp³-hybridized carbons (Fsp3) is 0.538. The molecule has 0 saturated carbocycles. The quantitative estimate of drug-likeness (QED) is 0.877. The largest absolute Gasteiger partial charge is 0.497 e. The highest BCUT2D eigenvalue weighted by molar-refractivity contribution is 5.50. The summed E-state index contributed by atoms with van der Waals surface area (Å²) in [5, 5.41) is 9.74. The van der Waals surface area contributed by atoms with E-state index in [1.165, 1.54) is 0 Å². The van der Waals surface area contributed by atoms with E-state index in [1.54, 1.807) is 21.1 Å². The van der Waals surface area contributed by atoms with Crippen LogP contribution in [-0.4, -0.2) is 25.4 Å². The monoisotopic (exact) mass is 238 g/mol. The molecule has 1 aromatic rings. The van der Waals surface area contributed by atoms with Crippen molar-refractivity contribution in [2.45, 2.75) is 32.2 Å². The second kappa shape index (κ2) is 4.55. The van der Waals surface area contributed by atoms with Gasteiger partial charge in [0.2, 0.25) is 0 Å². The fourth-order valence-electron chi connectivity index (χ4n) is 2.31. The van der Waals surface area contributed by atoms with Gasteiger partial charge in [-0.05, 0) is 25.5 Å². The highest BCUT2D eigenvalue weighted by atomic mass is 16.5. The Balaban J connectivity index is 2.55. The number of benzene rings is 1. The van der Waals surface area contributed by atoms with E-state index >= 15 is 0 Å². The lowest BCUT2D eigenvalue weighted by atomic mass is 9.98. The summed E-state index contributed by atoms with van der Waals surface area (Å²) in [5.41, 5.74) is 1.95. The van der Waals surface area contributed by atoms with Crippen LogP contribution in [0.2, 0.25) is 0 Å². The summed E-state index contributed by atoms with van der Waals surface area (Å²) in [4.78, 5) is 0. The number of aliphatic hydroxyl groups excluding tert-OH is 1. The van der Waals surface area contributed by atoms with Crippen molar-refractivity contribution in [3.8, 4) is 11.5 Å². The van der Waals surface area contributed by atoms with Crippen molar-refractivity contribution in [2.75, 3.05) is 14.2 Å². The van der Waals surface area contributed by atoms with Gasteiger partial charge in [0.25, 0.3) is 0 Å². The van der Waals surface area contributed by atoms with Gasteiger partial charge in [-0.3, -0.25) is 0 Å². The molecule has 0 radical (unpaired) electrons. The summed E-state index contributed by atoms with van der Waals surface area (Å²) < 4.78 is 16.3. The first-order chi connectivity index (χ1) is 8.08. The zero-order valence-electron chi connectivity index (χ0n) is 10.6. The summed E-state index contributed by atoms with van der Waals surface area (Å²) >= 11 is 0. The highest BCUT2D eigenvalue weighted by Crippen LogP contribution is 2.46. The maximum absolute atomic E-state index is 9.74. The van der Waals surface area contributed by atoms with Crippen molar-refractivity contribution in [3.63, 3.8) is 0 Å². The van der Waals surface area contributed by atoms with Gasteiger partial charge < -0.3 is 19.3 Å². The Morgan fingerprint density at radius 2 is 2.00 bits per heavy atom. The van der Waals surface area contributed by atoms with E-state index in [9.17, 15) is 5.11 Å². The first kappa shape index (κ1) is 12.2. The number of rotatable bonds is 3. The molecule has 1 heterocycles. The van der Waals surface area contributed by atoms with E-state index in [2.05, 4.69) is 0 Å². The van der Waals surface area contributed by atoms with Gasteiger partial charge in [-0.15, -0.1) is 0 Å². The lowest BCUT2D eigenvalue weighted by Gasteiger charge is -2.15. The number of ether oxygens (including phenoxy) is 3. The first-order valence-electron chi connectivity index (χ1n) is 5.67. The topological polar surface area (TPSA) is 47.9 Å². The fourth-order valence-corrected chi connectivity index (χ4v) is 2.31. The van der Waals surface area contributed by atoms with Crippen LogP contribution >= 0.6 is 0 Å². The van der Waals surface area contributed by atoms with Gasteiger partial charge >= 0.3 is 0 Å². The van der Waals surface area contributed by atoms with Crippen LogP contribution in [0, 0.1) is 0 Å². The Morgan fingerprint density at radius 3 is 2.53 bits per heavy atom. The van der Waals surface area contributed by atoms with Crippen LogP contribution in [0.15, 0.2) is 12.1 Å². The molecule has 0 saturated heterocycles. The molecule has 2 rings (SSSR count). The Hall–Kier alpha value is -1.26. The number of hydrogen-bond acceptors (Lipinski definition) is 4. The van der Waals surface area contributed by atoms with Crippen LogP contribution in [0.4, 0.5) is 0 Å². The van der Waals surface area contributed by atoms with Gasteiger partial charge in [0, 0.05) is 11.6 Å². The molecule has 0 bridgehead atoms. The molecule has 3 atom stereocenters. The molecule has 4 heteroatoms. The van der Waals surface area contributed by atoms with E-state index in [-0.39, 0.29) is 12.2 Å². The number of hydrogen-bond donors (Lipinski definition) is 1. The molecule has 0 aromatic heterocycles. The van der Waals surface area contributed by atoms with Crippen molar-refractivity contribution in [2.24, 2.45) is 0 Å². The molecule has 0 spiro atoms. The molecule has 17 heavy (non-hydrogen) atoms. The summed E-state index contributed by atoms with van der Waals surface area (Å²) in [6, 6.07) is 3.74. The van der Waals surface area contributed by atoms with Crippen molar-refractivity contribution >= 4 is 0 Å². The van der Waals surface area contributed by atoms with Crippen LogP contribution in [-0.2, 0) is 4.74 Å². The normalized spacial score (nSPS) is 24.3. The molecule has 94 valence electrons. The second-order valence-corrected chi connectivity index (χ2v) is 4.27. The number of fused-ring (bicyclic) bond motifs is 1. The Bertz CT molecular complexity index is 414. The summed E-state index contributed by atoms with van der Waals surface area (Å²) in [6.45, 7) is 3.68. The van der Waals surface area contributed by atoms with Crippen LogP contribution in [0.1, 0.15) is 37.2 Å². The third-order valence-electron chi connectivity index (χ3n) is 3.11. The molecule has 1 aliphatic rings. The average Bonchev–Trinajstić information content (AvgIpc) is 2.66. The molecule has 1 aromatic carbocycles. The second-order valence-electron chi connectivity index (χ2n) is 4.27. The predicted octanol–water partition coefficient (Wildman–Crippen LogP) is 2.22. The van der Waals surface area contributed by atoms with Crippen LogP contribution in [0.3, 0.4) is 0 Å². The van der Waals surface area contributed by atoms with Gasteiger partial charge in [-0.25, -0.2) is 0 Å². The maximum Gasteiger partial charge on any atom is 0.128 e. The number of methoxy groups -OCH3 is 2. The first-order valence-corrected chi connectivity index (χ1v) is 5.67. The van der Waals surface area contributed by atoms with Crippen LogP contribution < -0.4 is 9.47 Å². The Morgan fingerprint density at radius 1 is 1.29 bits per heavy atom. The van der Waals surface area contributed by atoms with Gasteiger partial charge in [0.05, 0.1) is 26.4 Å². The lowest BCUT2D eigenvalue weighted by molar-refractivity contribution is -0.0477. The third kappa shape index (κ3) is 1.98. The summed E-state index contributed by atoms with van der Waals surface area (Å²) in [7, 11) is 3.23. The maximum atomic E-state index is 9.74. The predicted molar refractivity (Wildman–Crippen MR) is 63.5 cm³/mol. The molecular weight excluding hydrogens is 220 g/mol.